The Hall–Kier alpha value is -0.870. The molecule has 5 heteroatoms. The highest BCUT2D eigenvalue weighted by Crippen LogP contribution is 2.22. The van der Waals surface area contributed by atoms with Gasteiger partial charge < -0.3 is 10.6 Å². The van der Waals surface area contributed by atoms with E-state index in [4.69, 9.17) is 17.3 Å². The predicted molar refractivity (Wildman–Crippen MR) is 65.8 cm³/mol. The molecule has 0 aliphatic carbocycles. The molecule has 1 saturated heterocycles. The Morgan fingerprint density at radius 2 is 2.38 bits per heavy atom. The van der Waals surface area contributed by atoms with Crippen LogP contribution in [0.2, 0.25) is 5.15 Å². The first-order valence-corrected chi connectivity index (χ1v) is 6.03. The molecular formula is C11H17ClN4. The van der Waals surface area contributed by atoms with Gasteiger partial charge in [-0.1, -0.05) is 11.6 Å². The Morgan fingerprint density at radius 3 is 3.06 bits per heavy atom. The maximum atomic E-state index is 5.94. The van der Waals surface area contributed by atoms with Crippen LogP contribution in [0, 0.1) is 12.8 Å². The normalized spacial score (nSPS) is 21.2. The van der Waals surface area contributed by atoms with Crippen molar-refractivity contribution < 1.29 is 0 Å². The number of rotatable bonds is 2. The van der Waals surface area contributed by atoms with E-state index >= 15 is 0 Å². The molecule has 2 N–H and O–H groups in total. The second-order valence-corrected chi connectivity index (χ2v) is 4.67. The van der Waals surface area contributed by atoms with Crippen molar-refractivity contribution in [3.8, 4) is 0 Å². The molecule has 0 amide bonds. The number of nitrogens with zero attached hydrogens (tertiary/aromatic N) is 3. The molecule has 0 unspecified atom stereocenters. The third kappa shape index (κ3) is 2.62. The van der Waals surface area contributed by atoms with Crippen LogP contribution in [-0.4, -0.2) is 29.6 Å². The monoisotopic (exact) mass is 240 g/mol. The van der Waals surface area contributed by atoms with Crippen molar-refractivity contribution in [2.75, 3.05) is 24.5 Å². The first-order valence-electron chi connectivity index (χ1n) is 5.65. The average molecular weight is 241 g/mol. The summed E-state index contributed by atoms with van der Waals surface area (Å²) in [5.74, 6) is 2.22. The van der Waals surface area contributed by atoms with Crippen LogP contribution in [0.3, 0.4) is 0 Å². The maximum absolute atomic E-state index is 5.94. The minimum Gasteiger partial charge on any atom is -0.356 e. The fourth-order valence-corrected chi connectivity index (χ4v) is 2.36. The summed E-state index contributed by atoms with van der Waals surface area (Å²) in [6.45, 7) is 4.61. The summed E-state index contributed by atoms with van der Waals surface area (Å²) in [5, 5.41) is 0.511. The molecule has 1 fully saturated rings. The van der Waals surface area contributed by atoms with E-state index in [0.717, 1.165) is 31.3 Å². The van der Waals surface area contributed by atoms with Gasteiger partial charge in [-0.25, -0.2) is 9.97 Å². The highest BCUT2D eigenvalue weighted by atomic mass is 35.5. The zero-order valence-corrected chi connectivity index (χ0v) is 10.2. The van der Waals surface area contributed by atoms with Gasteiger partial charge in [0.25, 0.3) is 0 Å². The molecule has 4 nitrogen and oxygen atoms in total. The Bertz CT molecular complexity index is 349. The van der Waals surface area contributed by atoms with E-state index < -0.39 is 0 Å². The van der Waals surface area contributed by atoms with Gasteiger partial charge in [0, 0.05) is 19.2 Å². The highest BCUT2D eigenvalue weighted by molar-refractivity contribution is 6.29. The van der Waals surface area contributed by atoms with E-state index in [-0.39, 0.29) is 0 Å². The molecule has 1 aliphatic heterocycles. The van der Waals surface area contributed by atoms with Crippen molar-refractivity contribution in [1.82, 2.24) is 9.97 Å². The molecule has 16 heavy (non-hydrogen) atoms. The second-order valence-electron chi connectivity index (χ2n) is 4.29. The predicted octanol–water partition coefficient (Wildman–Crippen LogP) is 1.61. The third-order valence-corrected chi connectivity index (χ3v) is 3.16. The quantitative estimate of drug-likeness (QED) is 0.799. The molecule has 88 valence electrons. The Labute approximate surface area is 101 Å². The first-order chi connectivity index (χ1) is 7.69. The van der Waals surface area contributed by atoms with Crippen LogP contribution in [0.15, 0.2) is 6.07 Å². The largest absolute Gasteiger partial charge is 0.356 e. The second kappa shape index (κ2) is 4.97. The van der Waals surface area contributed by atoms with Crippen molar-refractivity contribution in [3.63, 3.8) is 0 Å². The lowest BCUT2D eigenvalue weighted by atomic mass is 9.98. The zero-order chi connectivity index (χ0) is 11.5. The molecule has 1 aromatic heterocycles. The van der Waals surface area contributed by atoms with Crippen LogP contribution in [0.4, 0.5) is 5.82 Å². The van der Waals surface area contributed by atoms with E-state index in [1.807, 2.05) is 13.0 Å². The van der Waals surface area contributed by atoms with Crippen LogP contribution in [0.1, 0.15) is 18.7 Å². The number of nitrogens with two attached hydrogens (primary N) is 1. The summed E-state index contributed by atoms with van der Waals surface area (Å²) in [7, 11) is 0. The molecule has 2 heterocycles. The van der Waals surface area contributed by atoms with Gasteiger partial charge in [0.15, 0.2) is 0 Å². The van der Waals surface area contributed by atoms with E-state index in [2.05, 4.69) is 14.9 Å². The molecule has 2 rings (SSSR count). The number of hydrogen-bond acceptors (Lipinski definition) is 4. The van der Waals surface area contributed by atoms with Gasteiger partial charge in [-0.15, -0.1) is 0 Å². The number of anilines is 1. The smallest absolute Gasteiger partial charge is 0.134 e. The fourth-order valence-electron chi connectivity index (χ4n) is 2.14. The Kier molecular flexibility index (Phi) is 3.61. The summed E-state index contributed by atoms with van der Waals surface area (Å²) in [6, 6.07) is 1.83. The van der Waals surface area contributed by atoms with Crippen LogP contribution in [0.5, 0.6) is 0 Å². The standard InChI is InChI=1S/C11H17ClN4/c1-8-14-10(12)5-11(15-8)16-4-2-3-9(6-13)7-16/h5,9H,2-4,6-7,13H2,1H3/t9-/m1/s1. The third-order valence-electron chi connectivity index (χ3n) is 2.97. The number of piperidine rings is 1. The summed E-state index contributed by atoms with van der Waals surface area (Å²) in [6.07, 6.45) is 2.38. The number of halogens is 1. The van der Waals surface area contributed by atoms with Crippen LogP contribution in [-0.2, 0) is 0 Å². The minimum atomic E-state index is 0.511. The molecule has 0 spiro atoms. The molecule has 0 saturated carbocycles. The lowest BCUT2D eigenvalue weighted by Crippen LogP contribution is -2.38. The van der Waals surface area contributed by atoms with Gasteiger partial charge in [-0.3, -0.25) is 0 Å². The average Bonchev–Trinajstić information content (AvgIpc) is 2.28. The molecule has 0 radical (unpaired) electrons. The highest BCUT2D eigenvalue weighted by Gasteiger charge is 2.20. The van der Waals surface area contributed by atoms with Crippen LogP contribution in [0.25, 0.3) is 0 Å². The maximum Gasteiger partial charge on any atom is 0.134 e. The van der Waals surface area contributed by atoms with Crippen LogP contribution >= 0.6 is 11.6 Å². The van der Waals surface area contributed by atoms with Gasteiger partial charge in [-0.05, 0) is 32.2 Å². The lowest BCUT2D eigenvalue weighted by molar-refractivity contribution is 0.421. The van der Waals surface area contributed by atoms with Gasteiger partial charge in [0.1, 0.15) is 16.8 Å². The lowest BCUT2D eigenvalue weighted by Gasteiger charge is -2.33. The van der Waals surface area contributed by atoms with Crippen molar-refractivity contribution in [1.29, 1.82) is 0 Å². The van der Waals surface area contributed by atoms with Crippen molar-refractivity contribution in [2.24, 2.45) is 11.7 Å². The van der Waals surface area contributed by atoms with E-state index in [1.165, 1.54) is 12.8 Å². The topological polar surface area (TPSA) is 55.0 Å². The summed E-state index contributed by atoms with van der Waals surface area (Å²) >= 11 is 5.94. The van der Waals surface area contributed by atoms with Gasteiger partial charge in [0.2, 0.25) is 0 Å². The molecule has 0 bridgehead atoms. The molecule has 1 atom stereocenters. The Balaban J connectivity index is 2.16. The zero-order valence-electron chi connectivity index (χ0n) is 9.49. The van der Waals surface area contributed by atoms with Crippen molar-refractivity contribution in [2.45, 2.75) is 19.8 Å². The minimum absolute atomic E-state index is 0.511. The van der Waals surface area contributed by atoms with E-state index in [9.17, 15) is 0 Å². The van der Waals surface area contributed by atoms with Gasteiger partial charge in [-0.2, -0.15) is 0 Å². The Morgan fingerprint density at radius 1 is 1.56 bits per heavy atom. The van der Waals surface area contributed by atoms with Gasteiger partial charge in [0.05, 0.1) is 0 Å². The summed E-state index contributed by atoms with van der Waals surface area (Å²) < 4.78 is 0. The van der Waals surface area contributed by atoms with Crippen molar-refractivity contribution >= 4 is 17.4 Å². The van der Waals surface area contributed by atoms with E-state index in [0.29, 0.717) is 11.1 Å². The summed E-state index contributed by atoms with van der Waals surface area (Å²) in [5.41, 5.74) is 5.72. The van der Waals surface area contributed by atoms with E-state index in [1.54, 1.807) is 0 Å². The van der Waals surface area contributed by atoms with Gasteiger partial charge >= 0.3 is 0 Å². The number of aryl methyl sites for hydroxylation is 1. The first kappa shape index (κ1) is 11.6. The summed E-state index contributed by atoms with van der Waals surface area (Å²) in [4.78, 5) is 10.7. The molecule has 0 aromatic carbocycles. The number of hydrogen-bond donors (Lipinski definition) is 1. The SMILES string of the molecule is Cc1nc(Cl)cc(N2CCC[C@H](CN)C2)n1. The molecule has 1 aromatic rings. The molecular weight excluding hydrogens is 224 g/mol. The molecule has 1 aliphatic rings. The van der Waals surface area contributed by atoms with Crippen molar-refractivity contribution in [3.05, 3.63) is 17.0 Å². The van der Waals surface area contributed by atoms with Crippen LogP contribution < -0.4 is 10.6 Å². The number of aromatic nitrogens is 2. The fraction of sp³-hybridized carbons (Fsp3) is 0.636.